The maximum Gasteiger partial charge on any atom is 0.255 e. The van der Waals surface area contributed by atoms with E-state index in [9.17, 15) is 9.59 Å². The molecule has 0 bridgehead atoms. The number of hydrogen-bond acceptors (Lipinski definition) is 5. The lowest BCUT2D eigenvalue weighted by molar-refractivity contribution is -0.116. The number of nitrogens with zero attached hydrogens (tertiary/aromatic N) is 3. The van der Waals surface area contributed by atoms with Crippen molar-refractivity contribution >= 4 is 17.5 Å². The van der Waals surface area contributed by atoms with Crippen molar-refractivity contribution < 1.29 is 14.3 Å². The van der Waals surface area contributed by atoms with Crippen LogP contribution in [-0.2, 0) is 4.79 Å². The highest BCUT2D eigenvalue weighted by Gasteiger charge is 2.24. The third-order valence-corrected chi connectivity index (χ3v) is 5.16. The van der Waals surface area contributed by atoms with Crippen LogP contribution in [0.1, 0.15) is 41.7 Å². The Morgan fingerprint density at radius 1 is 1.28 bits per heavy atom. The van der Waals surface area contributed by atoms with Gasteiger partial charge in [-0.1, -0.05) is 6.07 Å². The smallest absolute Gasteiger partial charge is 0.255 e. The van der Waals surface area contributed by atoms with Crippen molar-refractivity contribution in [3.8, 4) is 11.8 Å². The molecule has 1 aliphatic heterocycles. The zero-order valence-corrected chi connectivity index (χ0v) is 16.4. The number of piperidine rings is 1. The lowest BCUT2D eigenvalue weighted by Crippen LogP contribution is -2.38. The van der Waals surface area contributed by atoms with Gasteiger partial charge in [0.1, 0.15) is 17.5 Å². The summed E-state index contributed by atoms with van der Waals surface area (Å²) in [5.74, 6) is 1.06. The third-order valence-electron chi connectivity index (χ3n) is 5.16. The van der Waals surface area contributed by atoms with Gasteiger partial charge in [-0.05, 0) is 49.4 Å². The van der Waals surface area contributed by atoms with Crippen molar-refractivity contribution in [2.24, 2.45) is 5.92 Å². The molecular weight excluding hydrogens is 368 g/mol. The van der Waals surface area contributed by atoms with Gasteiger partial charge in [0.25, 0.3) is 5.91 Å². The van der Waals surface area contributed by atoms with E-state index in [4.69, 9.17) is 10.00 Å². The molecule has 0 aliphatic carbocycles. The SMILES string of the molecule is COc1cccc(NC(=O)CCC2CCN(C(=O)c3ccc(C#N)nc3)CC2)c1. The lowest BCUT2D eigenvalue weighted by atomic mass is 9.91. The highest BCUT2D eigenvalue weighted by molar-refractivity contribution is 5.94. The quantitative estimate of drug-likeness (QED) is 0.814. The molecule has 3 rings (SSSR count). The van der Waals surface area contributed by atoms with Crippen LogP contribution in [0.5, 0.6) is 5.75 Å². The molecule has 1 aliphatic rings. The summed E-state index contributed by atoms with van der Waals surface area (Å²) in [7, 11) is 1.59. The first-order valence-electron chi connectivity index (χ1n) is 9.68. The zero-order chi connectivity index (χ0) is 20.6. The minimum atomic E-state index is -0.0591. The first-order chi connectivity index (χ1) is 14.1. The highest BCUT2D eigenvalue weighted by atomic mass is 16.5. The topological polar surface area (TPSA) is 95.3 Å². The minimum Gasteiger partial charge on any atom is -0.497 e. The fraction of sp³-hybridized carbons (Fsp3) is 0.364. The molecule has 7 nitrogen and oxygen atoms in total. The van der Waals surface area contributed by atoms with Gasteiger partial charge in [0.05, 0.1) is 12.7 Å². The Bertz CT molecular complexity index is 897. The van der Waals surface area contributed by atoms with E-state index in [0.29, 0.717) is 42.4 Å². The van der Waals surface area contributed by atoms with Gasteiger partial charge < -0.3 is 15.0 Å². The maximum absolute atomic E-state index is 12.6. The van der Waals surface area contributed by atoms with E-state index in [1.165, 1.54) is 6.20 Å². The van der Waals surface area contributed by atoms with Crippen LogP contribution < -0.4 is 10.1 Å². The number of aromatic nitrogens is 1. The number of pyridine rings is 1. The number of rotatable bonds is 6. The second kappa shape index (κ2) is 9.69. The first-order valence-corrected chi connectivity index (χ1v) is 9.68. The van der Waals surface area contributed by atoms with Gasteiger partial charge in [0.15, 0.2) is 0 Å². The molecular formula is C22H24N4O3. The average molecular weight is 392 g/mol. The molecule has 7 heteroatoms. The fourth-order valence-electron chi connectivity index (χ4n) is 3.45. The van der Waals surface area contributed by atoms with Gasteiger partial charge in [-0.15, -0.1) is 0 Å². The molecule has 0 spiro atoms. The zero-order valence-electron chi connectivity index (χ0n) is 16.4. The normalized spacial score (nSPS) is 14.1. The molecule has 29 heavy (non-hydrogen) atoms. The lowest BCUT2D eigenvalue weighted by Gasteiger charge is -2.32. The molecule has 2 heterocycles. The van der Waals surface area contributed by atoms with E-state index < -0.39 is 0 Å². The van der Waals surface area contributed by atoms with E-state index >= 15 is 0 Å². The van der Waals surface area contributed by atoms with Crippen molar-refractivity contribution in [2.45, 2.75) is 25.7 Å². The van der Waals surface area contributed by atoms with Gasteiger partial charge in [-0.3, -0.25) is 9.59 Å². The monoisotopic (exact) mass is 392 g/mol. The molecule has 1 aromatic heterocycles. The van der Waals surface area contributed by atoms with Crippen molar-refractivity contribution in [1.82, 2.24) is 9.88 Å². The van der Waals surface area contributed by atoms with Gasteiger partial charge in [-0.25, -0.2) is 4.98 Å². The number of methoxy groups -OCH3 is 1. The molecule has 0 atom stereocenters. The molecule has 150 valence electrons. The Kier molecular flexibility index (Phi) is 6.80. The Labute approximate surface area is 170 Å². The summed E-state index contributed by atoms with van der Waals surface area (Å²) in [6.07, 6.45) is 4.46. The number of benzene rings is 1. The molecule has 2 aromatic rings. The van der Waals surface area contributed by atoms with Crippen LogP contribution in [0, 0.1) is 17.2 Å². The Morgan fingerprint density at radius 2 is 2.07 bits per heavy atom. The molecule has 1 fully saturated rings. The highest BCUT2D eigenvalue weighted by Crippen LogP contribution is 2.24. The summed E-state index contributed by atoms with van der Waals surface area (Å²) >= 11 is 0. The van der Waals surface area contributed by atoms with Crippen LogP contribution >= 0.6 is 0 Å². The first kappa shape index (κ1) is 20.3. The summed E-state index contributed by atoms with van der Waals surface area (Å²) in [5.41, 5.74) is 1.53. The minimum absolute atomic E-state index is 0.0135. The predicted molar refractivity (Wildman–Crippen MR) is 108 cm³/mol. The van der Waals surface area contributed by atoms with Crippen LogP contribution in [0.25, 0.3) is 0 Å². The van der Waals surface area contributed by atoms with Crippen LogP contribution in [0.2, 0.25) is 0 Å². The predicted octanol–water partition coefficient (Wildman–Crippen LogP) is 3.23. The summed E-state index contributed by atoms with van der Waals surface area (Å²) in [4.78, 5) is 30.6. The second-order valence-corrected chi connectivity index (χ2v) is 7.10. The molecule has 0 unspecified atom stereocenters. The van der Waals surface area contributed by atoms with E-state index in [0.717, 1.165) is 24.9 Å². The van der Waals surface area contributed by atoms with Gasteiger partial charge in [0, 0.05) is 37.5 Å². The molecule has 1 saturated heterocycles. The standard InChI is InChI=1S/C22H24N4O3/c1-29-20-4-2-3-18(13-20)25-21(27)8-5-16-9-11-26(12-10-16)22(28)17-6-7-19(14-23)24-15-17/h2-4,6-7,13,15-16H,5,8-12H2,1H3,(H,25,27). The summed E-state index contributed by atoms with van der Waals surface area (Å²) in [6.45, 7) is 1.34. The number of ether oxygens (including phenoxy) is 1. The largest absolute Gasteiger partial charge is 0.497 e. The van der Waals surface area contributed by atoms with Crippen LogP contribution in [0.15, 0.2) is 42.6 Å². The number of amides is 2. The summed E-state index contributed by atoms with van der Waals surface area (Å²) in [5, 5.41) is 11.7. The van der Waals surface area contributed by atoms with E-state index in [-0.39, 0.29) is 11.8 Å². The van der Waals surface area contributed by atoms with Crippen molar-refractivity contribution in [1.29, 1.82) is 5.26 Å². The number of nitriles is 1. The van der Waals surface area contributed by atoms with Crippen molar-refractivity contribution in [2.75, 3.05) is 25.5 Å². The molecule has 1 N–H and O–H groups in total. The Morgan fingerprint density at radius 3 is 2.72 bits per heavy atom. The fourth-order valence-corrected chi connectivity index (χ4v) is 3.45. The Hall–Kier alpha value is -3.40. The number of carbonyl (C=O) groups is 2. The summed E-state index contributed by atoms with van der Waals surface area (Å²) < 4.78 is 5.16. The van der Waals surface area contributed by atoms with Crippen molar-refractivity contribution in [3.05, 3.63) is 53.9 Å². The summed E-state index contributed by atoms with van der Waals surface area (Å²) in [6, 6.07) is 12.4. The maximum atomic E-state index is 12.6. The molecule has 0 radical (unpaired) electrons. The second-order valence-electron chi connectivity index (χ2n) is 7.10. The molecule has 1 aromatic carbocycles. The van der Waals surface area contributed by atoms with E-state index in [1.54, 1.807) is 25.3 Å². The molecule has 2 amide bonds. The third kappa shape index (κ3) is 5.55. The van der Waals surface area contributed by atoms with Gasteiger partial charge in [0.2, 0.25) is 5.91 Å². The number of likely N-dealkylation sites (tertiary alicyclic amines) is 1. The van der Waals surface area contributed by atoms with E-state index in [2.05, 4.69) is 10.3 Å². The van der Waals surface area contributed by atoms with Crippen LogP contribution in [0.3, 0.4) is 0 Å². The molecule has 0 saturated carbocycles. The number of nitrogens with one attached hydrogen (secondary N) is 1. The van der Waals surface area contributed by atoms with Crippen LogP contribution in [-0.4, -0.2) is 41.9 Å². The van der Waals surface area contributed by atoms with E-state index in [1.807, 2.05) is 29.2 Å². The number of anilines is 1. The average Bonchev–Trinajstić information content (AvgIpc) is 2.77. The van der Waals surface area contributed by atoms with Gasteiger partial charge >= 0.3 is 0 Å². The van der Waals surface area contributed by atoms with Crippen molar-refractivity contribution in [3.63, 3.8) is 0 Å². The number of hydrogen-bond donors (Lipinski definition) is 1. The number of carbonyl (C=O) groups excluding carboxylic acids is 2. The van der Waals surface area contributed by atoms with Crippen LogP contribution in [0.4, 0.5) is 5.69 Å². The Balaban J connectivity index is 1.42. The van der Waals surface area contributed by atoms with Gasteiger partial charge in [-0.2, -0.15) is 5.26 Å².